The maximum Gasteiger partial charge on any atom is 0.238 e. The number of carbonyl (C=O) groups is 2. The summed E-state index contributed by atoms with van der Waals surface area (Å²) in [6, 6.07) is 15.8. The number of aromatic nitrogens is 2. The van der Waals surface area contributed by atoms with Crippen LogP contribution in [0.15, 0.2) is 48.5 Å². The summed E-state index contributed by atoms with van der Waals surface area (Å²) < 4.78 is 8.65. The van der Waals surface area contributed by atoms with Crippen LogP contribution in [-0.4, -0.2) is 38.5 Å². The number of nitrogens with zero attached hydrogens (tertiary/aromatic N) is 3. The van der Waals surface area contributed by atoms with Gasteiger partial charge < -0.3 is 19.9 Å². The molecule has 3 aromatic rings. The van der Waals surface area contributed by atoms with Crippen molar-refractivity contribution in [1.82, 2.24) is 14.5 Å². The normalized spacial score (nSPS) is 23.8. The fourth-order valence-electron chi connectivity index (χ4n) is 5.66. The van der Waals surface area contributed by atoms with Gasteiger partial charge in [0.1, 0.15) is 17.5 Å². The van der Waals surface area contributed by atoms with E-state index in [1.165, 1.54) is 0 Å². The molecule has 2 bridgehead atoms. The minimum atomic E-state index is -0.872. The molecular formula is C27H32N4O3. The molecule has 0 radical (unpaired) electrons. The van der Waals surface area contributed by atoms with Crippen molar-refractivity contribution >= 4 is 22.8 Å². The van der Waals surface area contributed by atoms with Crippen LogP contribution in [0.4, 0.5) is 0 Å². The van der Waals surface area contributed by atoms with Gasteiger partial charge >= 0.3 is 0 Å². The highest BCUT2D eigenvalue weighted by Crippen LogP contribution is 2.50. The summed E-state index contributed by atoms with van der Waals surface area (Å²) in [5.41, 5.74) is 7.95. The Kier molecular flexibility index (Phi) is 5.58. The van der Waals surface area contributed by atoms with Gasteiger partial charge in [-0.1, -0.05) is 44.2 Å². The summed E-state index contributed by atoms with van der Waals surface area (Å²) >= 11 is 0. The minimum absolute atomic E-state index is 0.239. The third kappa shape index (κ3) is 3.73. The Hall–Kier alpha value is -3.35. The average Bonchev–Trinajstić information content (AvgIpc) is 3.12. The number of carbonyl (C=O) groups excluding carboxylic acids is 2. The van der Waals surface area contributed by atoms with Crippen molar-refractivity contribution in [2.75, 3.05) is 6.54 Å². The molecule has 2 N–H and O–H groups in total. The van der Waals surface area contributed by atoms with Gasteiger partial charge in [0.05, 0.1) is 11.0 Å². The number of amides is 2. The average molecular weight is 461 g/mol. The van der Waals surface area contributed by atoms with Crippen molar-refractivity contribution < 1.29 is 14.3 Å². The van der Waals surface area contributed by atoms with Crippen LogP contribution >= 0.6 is 0 Å². The molecule has 2 aliphatic rings. The van der Waals surface area contributed by atoms with Gasteiger partial charge in [0.25, 0.3) is 0 Å². The van der Waals surface area contributed by atoms with Crippen LogP contribution in [-0.2, 0) is 22.6 Å². The fraction of sp³-hybridized carbons (Fsp3) is 0.444. The van der Waals surface area contributed by atoms with Crippen molar-refractivity contribution in [2.45, 2.75) is 58.2 Å². The Balaban J connectivity index is 1.40. The van der Waals surface area contributed by atoms with Gasteiger partial charge in [-0.2, -0.15) is 0 Å². The molecule has 7 heteroatoms. The lowest BCUT2D eigenvalue weighted by atomic mass is 9.73. The largest absolute Gasteiger partial charge is 0.468 e. The molecule has 178 valence electrons. The zero-order valence-electron chi connectivity index (χ0n) is 20.0. The van der Waals surface area contributed by atoms with Crippen molar-refractivity contribution in [2.24, 2.45) is 17.6 Å². The number of para-hydroxylation sites is 3. The van der Waals surface area contributed by atoms with Gasteiger partial charge in [-0.25, -0.2) is 4.98 Å². The van der Waals surface area contributed by atoms with Gasteiger partial charge in [0.15, 0.2) is 5.72 Å². The van der Waals surface area contributed by atoms with Crippen LogP contribution in [0.1, 0.15) is 50.9 Å². The highest BCUT2D eigenvalue weighted by molar-refractivity contribution is 6.01. The molecule has 3 heterocycles. The Morgan fingerprint density at radius 2 is 1.94 bits per heavy atom. The maximum atomic E-state index is 13.5. The van der Waals surface area contributed by atoms with E-state index in [2.05, 4.69) is 24.5 Å². The first-order chi connectivity index (χ1) is 16.3. The molecule has 7 nitrogen and oxygen atoms in total. The number of rotatable bonds is 7. The van der Waals surface area contributed by atoms with Gasteiger partial charge in [-0.3, -0.25) is 9.59 Å². The van der Waals surface area contributed by atoms with Gasteiger partial charge in [0, 0.05) is 31.8 Å². The summed E-state index contributed by atoms with van der Waals surface area (Å²) in [5.74, 6) is 0.291. The van der Waals surface area contributed by atoms with Gasteiger partial charge in [0.2, 0.25) is 11.8 Å². The van der Waals surface area contributed by atoms with E-state index >= 15 is 0 Å². The van der Waals surface area contributed by atoms with Crippen LogP contribution in [0.2, 0.25) is 0 Å². The molecule has 2 aromatic carbocycles. The second-order valence-electron chi connectivity index (χ2n) is 10.1. The molecular weight excluding hydrogens is 428 g/mol. The molecule has 2 amide bonds. The van der Waals surface area contributed by atoms with Crippen molar-refractivity contribution in [3.63, 3.8) is 0 Å². The van der Waals surface area contributed by atoms with Crippen molar-refractivity contribution in [1.29, 1.82) is 0 Å². The number of piperidine rings is 1. The van der Waals surface area contributed by atoms with E-state index in [9.17, 15) is 9.59 Å². The number of likely N-dealkylation sites (tertiary alicyclic amines) is 1. The number of aryl methyl sites for hydroxylation is 1. The molecule has 34 heavy (non-hydrogen) atoms. The Morgan fingerprint density at radius 1 is 1.21 bits per heavy atom. The number of ether oxygens (including phenoxy) is 1. The second-order valence-corrected chi connectivity index (χ2v) is 10.1. The van der Waals surface area contributed by atoms with Crippen LogP contribution in [0.5, 0.6) is 5.75 Å². The summed E-state index contributed by atoms with van der Waals surface area (Å²) in [7, 11) is 0. The minimum Gasteiger partial charge on any atom is -0.468 e. The highest BCUT2D eigenvalue weighted by Gasteiger charge is 2.55. The van der Waals surface area contributed by atoms with Crippen LogP contribution < -0.4 is 10.5 Å². The van der Waals surface area contributed by atoms with E-state index < -0.39 is 17.6 Å². The third-order valence-electron chi connectivity index (χ3n) is 7.12. The standard InChI is InChI=1S/C27H32N4O3/c1-17(2)16-30-21-11-6-5-10-20(21)29-23(30)13-8-14-31-26(33)24(25(28)32)19-15-27(31,3)34-22-12-7-4-9-18(19)22/h4-7,9-12,17,19,24H,8,13-16H2,1-3H3,(H2,28,32)/t19-,24+,27+/m0/s1. The lowest BCUT2D eigenvalue weighted by molar-refractivity contribution is -0.175. The van der Waals surface area contributed by atoms with E-state index in [4.69, 9.17) is 15.5 Å². The molecule has 0 saturated carbocycles. The number of primary amides is 1. The topological polar surface area (TPSA) is 90.5 Å². The molecule has 0 spiro atoms. The second kappa shape index (κ2) is 8.46. The number of imidazole rings is 1. The van der Waals surface area contributed by atoms with E-state index in [1.54, 1.807) is 4.90 Å². The summed E-state index contributed by atoms with van der Waals surface area (Å²) in [5, 5.41) is 0. The maximum absolute atomic E-state index is 13.5. The number of fused-ring (bicyclic) bond motifs is 5. The van der Waals surface area contributed by atoms with Crippen LogP contribution in [0, 0.1) is 11.8 Å². The third-order valence-corrected chi connectivity index (χ3v) is 7.12. The monoisotopic (exact) mass is 460 g/mol. The smallest absolute Gasteiger partial charge is 0.238 e. The van der Waals surface area contributed by atoms with Gasteiger partial charge in [-0.05, 0) is 43.0 Å². The quantitative estimate of drug-likeness (QED) is 0.542. The predicted octanol–water partition coefficient (Wildman–Crippen LogP) is 3.85. The number of nitrogens with two attached hydrogens (primary N) is 1. The Bertz CT molecular complexity index is 1250. The summed E-state index contributed by atoms with van der Waals surface area (Å²) in [6.45, 7) is 7.70. The summed E-state index contributed by atoms with van der Waals surface area (Å²) in [4.78, 5) is 32.5. The molecule has 0 unspecified atom stereocenters. The number of hydrogen-bond acceptors (Lipinski definition) is 4. The Labute approximate surface area is 199 Å². The zero-order valence-corrected chi connectivity index (χ0v) is 20.0. The van der Waals surface area contributed by atoms with E-state index in [0.29, 0.717) is 25.3 Å². The van der Waals surface area contributed by atoms with E-state index in [0.717, 1.165) is 41.1 Å². The van der Waals surface area contributed by atoms with Crippen LogP contribution in [0.3, 0.4) is 0 Å². The SMILES string of the molecule is CC(C)Cn1c(CCCN2C(=O)[C@@H](C(N)=O)[C@H]3C[C@@]2(C)Oc2ccccc23)nc2ccccc21. The lowest BCUT2D eigenvalue weighted by Crippen LogP contribution is -2.64. The van der Waals surface area contributed by atoms with Crippen molar-refractivity contribution in [3.05, 3.63) is 59.9 Å². The summed E-state index contributed by atoms with van der Waals surface area (Å²) in [6.07, 6.45) is 1.99. The fourth-order valence-corrected chi connectivity index (χ4v) is 5.66. The molecule has 2 aliphatic heterocycles. The Morgan fingerprint density at radius 3 is 2.71 bits per heavy atom. The molecule has 0 aliphatic carbocycles. The van der Waals surface area contributed by atoms with E-state index in [-0.39, 0.29) is 11.8 Å². The lowest BCUT2D eigenvalue weighted by Gasteiger charge is -2.52. The number of hydrogen-bond donors (Lipinski definition) is 1. The van der Waals surface area contributed by atoms with Crippen molar-refractivity contribution in [3.8, 4) is 5.75 Å². The highest BCUT2D eigenvalue weighted by atomic mass is 16.5. The molecule has 5 rings (SSSR count). The zero-order chi connectivity index (χ0) is 24.0. The first-order valence-corrected chi connectivity index (χ1v) is 12.1. The molecule has 1 fully saturated rings. The first kappa shape index (κ1) is 22.4. The molecule has 3 atom stereocenters. The first-order valence-electron chi connectivity index (χ1n) is 12.1. The van der Waals surface area contributed by atoms with E-state index in [1.807, 2.05) is 49.4 Å². The number of benzene rings is 2. The molecule has 1 aromatic heterocycles. The predicted molar refractivity (Wildman–Crippen MR) is 130 cm³/mol. The molecule has 1 saturated heterocycles. The van der Waals surface area contributed by atoms with Crippen LogP contribution in [0.25, 0.3) is 11.0 Å². The van der Waals surface area contributed by atoms with Gasteiger partial charge in [-0.15, -0.1) is 0 Å².